The Morgan fingerprint density at radius 1 is 1.03 bits per heavy atom. The molecule has 0 spiro atoms. The number of halogens is 1. The lowest BCUT2D eigenvalue weighted by molar-refractivity contribution is -0.123. The number of Topliss-reactive ketones (excluding diaryl/α,β-unsaturated/α-hetero) is 1. The molecule has 3 aliphatic rings. The van der Waals surface area contributed by atoms with Crippen LogP contribution in [0.15, 0.2) is 60.7 Å². The summed E-state index contributed by atoms with van der Waals surface area (Å²) in [5, 5.41) is 0.387. The van der Waals surface area contributed by atoms with Crippen molar-refractivity contribution in [3.05, 3.63) is 71.3 Å². The van der Waals surface area contributed by atoms with Gasteiger partial charge in [0.15, 0.2) is 6.10 Å². The van der Waals surface area contributed by atoms with Crippen molar-refractivity contribution in [1.29, 1.82) is 0 Å². The summed E-state index contributed by atoms with van der Waals surface area (Å²) in [6.07, 6.45) is 4.17. The Morgan fingerprint density at radius 3 is 2.30 bits per heavy atom. The predicted octanol–water partition coefficient (Wildman–Crippen LogP) is 4.30. The molecule has 2 fully saturated rings. The fourth-order valence-corrected chi connectivity index (χ4v) is 5.15. The van der Waals surface area contributed by atoms with E-state index in [-0.39, 0.29) is 47.0 Å². The second kappa shape index (κ2) is 7.10. The molecule has 30 heavy (non-hydrogen) atoms. The number of carbonyl (C=O) groups excluding carboxylic acids is 3. The summed E-state index contributed by atoms with van der Waals surface area (Å²) in [5.41, 5.74) is 0.838. The van der Waals surface area contributed by atoms with E-state index in [0.717, 1.165) is 6.42 Å². The molecular weight excluding hydrogens is 402 g/mol. The number of ketones is 1. The van der Waals surface area contributed by atoms with Crippen LogP contribution in [0.1, 0.15) is 23.7 Å². The number of fused-ring (bicyclic) bond motifs is 5. The number of hydrogen-bond donors (Lipinski definition) is 0. The summed E-state index contributed by atoms with van der Waals surface area (Å²) in [4.78, 5) is 40.3. The molecule has 1 aliphatic heterocycles. The summed E-state index contributed by atoms with van der Waals surface area (Å²) in [6, 6.07) is 13.6. The SMILES string of the molecule is C[C@@H](Oc1ccc(Cl)cc1N1C(=O)[C@@H]2[C@@H](C1=O)[C@H]1C=C[C@@H]2C1)C(=O)c1ccccc1. The maximum Gasteiger partial charge on any atom is 0.238 e. The van der Waals surface area contributed by atoms with Gasteiger partial charge in [-0.1, -0.05) is 54.1 Å². The molecule has 2 aliphatic carbocycles. The standard InChI is InChI=1S/C24H20ClNO4/c1-13(22(27)14-5-3-2-4-6-14)30-19-10-9-17(25)12-18(19)26-23(28)20-15-7-8-16(11-15)21(20)24(26)29/h2-10,12-13,15-16,20-21H,11H2,1H3/t13-,15-,16+,20+,21+/m1/s1. The molecule has 5 nitrogen and oxygen atoms in total. The van der Waals surface area contributed by atoms with Crippen LogP contribution in [0.3, 0.4) is 0 Å². The highest BCUT2D eigenvalue weighted by Crippen LogP contribution is 2.54. The van der Waals surface area contributed by atoms with E-state index in [1.807, 2.05) is 6.07 Å². The molecule has 5 atom stereocenters. The van der Waals surface area contributed by atoms with Crippen LogP contribution in [0, 0.1) is 23.7 Å². The van der Waals surface area contributed by atoms with Gasteiger partial charge in [-0.2, -0.15) is 0 Å². The molecule has 0 N–H and O–H groups in total. The number of anilines is 1. The van der Waals surface area contributed by atoms with Crippen molar-refractivity contribution in [2.24, 2.45) is 23.7 Å². The first-order chi connectivity index (χ1) is 14.5. The zero-order valence-corrected chi connectivity index (χ0v) is 17.1. The summed E-state index contributed by atoms with van der Waals surface area (Å²) in [5.74, 6) is -0.725. The molecule has 152 valence electrons. The maximum absolute atomic E-state index is 13.2. The monoisotopic (exact) mass is 421 g/mol. The van der Waals surface area contributed by atoms with Gasteiger partial charge in [-0.3, -0.25) is 14.4 Å². The molecular formula is C24H20ClNO4. The van der Waals surface area contributed by atoms with Gasteiger partial charge in [0.05, 0.1) is 17.5 Å². The predicted molar refractivity (Wildman–Crippen MR) is 113 cm³/mol. The molecule has 0 unspecified atom stereocenters. The number of carbonyl (C=O) groups is 3. The van der Waals surface area contributed by atoms with Crippen molar-refractivity contribution >= 4 is 34.9 Å². The Bertz CT molecular complexity index is 1050. The van der Waals surface area contributed by atoms with Gasteiger partial charge in [0.25, 0.3) is 0 Å². The minimum atomic E-state index is -0.794. The highest BCUT2D eigenvalue weighted by molar-refractivity contribution is 6.31. The maximum atomic E-state index is 13.2. The smallest absolute Gasteiger partial charge is 0.238 e. The third kappa shape index (κ3) is 2.88. The van der Waals surface area contributed by atoms with Crippen LogP contribution >= 0.6 is 11.6 Å². The molecule has 1 heterocycles. The fraction of sp³-hybridized carbons (Fsp3) is 0.292. The number of amides is 2. The van der Waals surface area contributed by atoms with Crippen molar-refractivity contribution in [2.45, 2.75) is 19.4 Å². The number of imide groups is 1. The molecule has 1 saturated heterocycles. The van der Waals surface area contributed by atoms with E-state index < -0.39 is 6.10 Å². The molecule has 1 saturated carbocycles. The number of ether oxygens (including phenoxy) is 1. The zero-order chi connectivity index (χ0) is 21.0. The van der Waals surface area contributed by atoms with Gasteiger partial charge in [-0.15, -0.1) is 0 Å². The first-order valence-electron chi connectivity index (χ1n) is 10.1. The molecule has 5 rings (SSSR count). The van der Waals surface area contributed by atoms with Gasteiger partial charge < -0.3 is 4.74 Å². The Morgan fingerprint density at radius 2 is 1.67 bits per heavy atom. The van der Waals surface area contributed by atoms with Crippen molar-refractivity contribution in [3.8, 4) is 5.75 Å². The average Bonchev–Trinajstić information content (AvgIpc) is 3.43. The average molecular weight is 422 g/mol. The summed E-state index contributed by atoms with van der Waals surface area (Å²) in [7, 11) is 0. The summed E-state index contributed by atoms with van der Waals surface area (Å²) < 4.78 is 5.95. The first-order valence-corrected chi connectivity index (χ1v) is 10.4. The highest BCUT2D eigenvalue weighted by atomic mass is 35.5. The van der Waals surface area contributed by atoms with Crippen LogP contribution in [0.5, 0.6) is 5.75 Å². The van der Waals surface area contributed by atoms with Gasteiger partial charge in [-0.25, -0.2) is 4.90 Å². The zero-order valence-electron chi connectivity index (χ0n) is 16.3. The van der Waals surface area contributed by atoms with Crippen LogP contribution < -0.4 is 9.64 Å². The van der Waals surface area contributed by atoms with E-state index >= 15 is 0 Å². The van der Waals surface area contributed by atoms with Crippen LogP contribution in [0.25, 0.3) is 0 Å². The lowest BCUT2D eigenvalue weighted by Crippen LogP contribution is -2.34. The Kier molecular flexibility index (Phi) is 4.51. The normalized spacial score (nSPS) is 27.5. The molecule has 2 amide bonds. The minimum Gasteiger partial charge on any atom is -0.480 e. The topological polar surface area (TPSA) is 63.7 Å². The van der Waals surface area contributed by atoms with Gasteiger partial charge >= 0.3 is 0 Å². The van der Waals surface area contributed by atoms with Crippen molar-refractivity contribution < 1.29 is 19.1 Å². The summed E-state index contributed by atoms with van der Waals surface area (Å²) >= 11 is 6.19. The number of rotatable bonds is 5. The second-order valence-corrected chi connectivity index (χ2v) is 8.55. The van der Waals surface area contributed by atoms with Crippen LogP contribution in [0.4, 0.5) is 5.69 Å². The van der Waals surface area contributed by atoms with Crippen LogP contribution in [-0.4, -0.2) is 23.7 Å². The fourth-order valence-electron chi connectivity index (χ4n) is 4.99. The number of benzene rings is 2. The molecule has 2 bridgehead atoms. The Hall–Kier alpha value is -2.92. The van der Waals surface area contributed by atoms with Gasteiger partial charge in [0.1, 0.15) is 5.75 Å². The van der Waals surface area contributed by atoms with Gasteiger partial charge in [0, 0.05) is 10.6 Å². The van der Waals surface area contributed by atoms with Crippen LogP contribution in [0.2, 0.25) is 5.02 Å². The van der Waals surface area contributed by atoms with Gasteiger partial charge in [-0.05, 0) is 43.4 Å². The Balaban J connectivity index is 1.46. The number of allylic oxidation sites excluding steroid dienone is 2. The van der Waals surface area contributed by atoms with E-state index in [1.54, 1.807) is 49.4 Å². The number of hydrogen-bond acceptors (Lipinski definition) is 4. The molecule has 2 aromatic rings. The quantitative estimate of drug-likeness (QED) is 0.410. The van der Waals surface area contributed by atoms with E-state index in [2.05, 4.69) is 12.2 Å². The molecule has 6 heteroatoms. The lowest BCUT2D eigenvalue weighted by atomic mass is 9.85. The highest BCUT2D eigenvalue weighted by Gasteiger charge is 2.60. The largest absolute Gasteiger partial charge is 0.480 e. The van der Waals surface area contributed by atoms with Gasteiger partial charge in [0.2, 0.25) is 17.6 Å². The lowest BCUT2D eigenvalue weighted by Gasteiger charge is -2.22. The van der Waals surface area contributed by atoms with Crippen LogP contribution in [-0.2, 0) is 9.59 Å². The van der Waals surface area contributed by atoms with Crippen molar-refractivity contribution in [1.82, 2.24) is 0 Å². The first kappa shape index (κ1) is 19.1. The number of nitrogens with zero attached hydrogens (tertiary/aromatic N) is 1. The van der Waals surface area contributed by atoms with Crippen molar-refractivity contribution in [3.63, 3.8) is 0 Å². The third-order valence-corrected chi connectivity index (χ3v) is 6.60. The molecule has 0 radical (unpaired) electrons. The van der Waals surface area contributed by atoms with E-state index in [0.29, 0.717) is 16.3 Å². The van der Waals surface area contributed by atoms with E-state index in [9.17, 15) is 14.4 Å². The third-order valence-electron chi connectivity index (χ3n) is 6.36. The van der Waals surface area contributed by atoms with E-state index in [4.69, 9.17) is 16.3 Å². The van der Waals surface area contributed by atoms with E-state index in [1.165, 1.54) is 4.90 Å². The molecule has 2 aromatic carbocycles. The minimum absolute atomic E-state index is 0.114. The molecule has 0 aromatic heterocycles. The van der Waals surface area contributed by atoms with Crippen molar-refractivity contribution in [2.75, 3.05) is 4.90 Å². The Labute approximate surface area is 179 Å². The second-order valence-electron chi connectivity index (χ2n) is 8.11. The summed E-state index contributed by atoms with van der Waals surface area (Å²) in [6.45, 7) is 1.65.